The largest absolute Gasteiger partial charge is 0.507 e. The Bertz CT molecular complexity index is 1110. The lowest BCUT2D eigenvalue weighted by Crippen LogP contribution is -2.31. The van der Waals surface area contributed by atoms with Crippen LogP contribution in [-0.4, -0.2) is 69.9 Å². The monoisotopic (exact) mass is 497 g/mol. The van der Waals surface area contributed by atoms with Crippen LogP contribution >= 0.6 is 0 Å². The van der Waals surface area contributed by atoms with Gasteiger partial charge in [-0.15, -0.1) is 0 Å². The molecule has 9 nitrogen and oxygen atoms in total. The fraction of sp³-hybridized carbons (Fsp3) is 0.333. The van der Waals surface area contributed by atoms with Gasteiger partial charge in [-0.1, -0.05) is 12.7 Å². The Hall–Kier alpha value is -3.98. The predicted molar refractivity (Wildman–Crippen MR) is 134 cm³/mol. The molecule has 1 N–H and O–H groups in total. The Morgan fingerprint density at radius 1 is 1.03 bits per heavy atom. The van der Waals surface area contributed by atoms with Crippen molar-refractivity contribution in [2.75, 3.05) is 48.2 Å². The Labute approximate surface area is 210 Å². The fourth-order valence-electron chi connectivity index (χ4n) is 4.12. The zero-order chi connectivity index (χ0) is 26.2. The summed E-state index contributed by atoms with van der Waals surface area (Å²) in [4.78, 5) is 27.8. The van der Waals surface area contributed by atoms with Gasteiger partial charge in [0.25, 0.3) is 11.7 Å². The third-order valence-electron chi connectivity index (χ3n) is 5.79. The molecule has 1 saturated heterocycles. The molecule has 9 heteroatoms. The number of hydrogen-bond acceptors (Lipinski definition) is 8. The maximum absolute atomic E-state index is 13.2. The molecule has 36 heavy (non-hydrogen) atoms. The number of ether oxygens (including phenoxy) is 5. The van der Waals surface area contributed by atoms with Crippen molar-refractivity contribution in [2.45, 2.75) is 12.5 Å². The zero-order valence-electron chi connectivity index (χ0n) is 20.9. The molecule has 0 bridgehead atoms. The van der Waals surface area contributed by atoms with Crippen molar-refractivity contribution in [1.82, 2.24) is 4.90 Å². The van der Waals surface area contributed by atoms with E-state index in [9.17, 15) is 14.7 Å². The second-order valence-corrected chi connectivity index (χ2v) is 7.92. The number of methoxy groups -OCH3 is 4. The number of nitrogens with zero attached hydrogens (tertiary/aromatic N) is 1. The molecule has 3 rings (SSSR count). The topological polar surface area (TPSA) is 104 Å². The van der Waals surface area contributed by atoms with Gasteiger partial charge in [0, 0.05) is 25.8 Å². The smallest absolute Gasteiger partial charge is 0.295 e. The Kier molecular flexibility index (Phi) is 8.97. The SMILES string of the molecule is C=CCOc1ccc(C(O)=C2C(=O)C(=O)N(CCCOC)[C@@H]2c2cc(OC)c(OC)c(OC)c2)cc1. The minimum atomic E-state index is -0.882. The number of Topliss-reactive ketones (excluding diaryl/α,β-unsaturated/α-hetero) is 1. The maximum Gasteiger partial charge on any atom is 0.295 e. The van der Waals surface area contributed by atoms with Gasteiger partial charge in [0.2, 0.25) is 5.75 Å². The van der Waals surface area contributed by atoms with Gasteiger partial charge in [-0.05, 0) is 48.4 Å². The van der Waals surface area contributed by atoms with Crippen molar-refractivity contribution in [3.63, 3.8) is 0 Å². The molecule has 1 fully saturated rings. The molecule has 0 radical (unpaired) electrons. The van der Waals surface area contributed by atoms with Gasteiger partial charge in [-0.3, -0.25) is 9.59 Å². The summed E-state index contributed by atoms with van der Waals surface area (Å²) in [6, 6.07) is 9.04. The van der Waals surface area contributed by atoms with Crippen molar-refractivity contribution in [1.29, 1.82) is 0 Å². The molecule has 192 valence electrons. The second-order valence-electron chi connectivity index (χ2n) is 7.92. The summed E-state index contributed by atoms with van der Waals surface area (Å²) in [5, 5.41) is 11.3. The van der Waals surface area contributed by atoms with Gasteiger partial charge in [-0.2, -0.15) is 0 Å². The van der Waals surface area contributed by atoms with Crippen molar-refractivity contribution >= 4 is 17.4 Å². The number of ketones is 1. The maximum atomic E-state index is 13.2. The van der Waals surface area contributed by atoms with Crippen molar-refractivity contribution < 1.29 is 38.4 Å². The Morgan fingerprint density at radius 3 is 2.19 bits per heavy atom. The van der Waals surface area contributed by atoms with Crippen LogP contribution in [-0.2, 0) is 14.3 Å². The van der Waals surface area contributed by atoms with Gasteiger partial charge in [-0.25, -0.2) is 0 Å². The van der Waals surface area contributed by atoms with E-state index in [1.165, 1.54) is 26.2 Å². The molecule has 1 atom stereocenters. The lowest BCUT2D eigenvalue weighted by molar-refractivity contribution is -0.140. The van der Waals surface area contributed by atoms with Gasteiger partial charge >= 0.3 is 0 Å². The molecule has 0 saturated carbocycles. The minimum Gasteiger partial charge on any atom is -0.507 e. The molecular formula is C27H31NO8. The van der Waals surface area contributed by atoms with Crippen LogP contribution in [0.25, 0.3) is 5.76 Å². The highest BCUT2D eigenvalue weighted by Gasteiger charge is 2.46. The van der Waals surface area contributed by atoms with Crippen molar-refractivity contribution in [3.05, 3.63) is 65.8 Å². The third kappa shape index (κ3) is 5.31. The Morgan fingerprint density at radius 2 is 1.67 bits per heavy atom. The average molecular weight is 498 g/mol. The summed E-state index contributed by atoms with van der Waals surface area (Å²) in [5.41, 5.74) is 0.855. The van der Waals surface area contributed by atoms with Gasteiger partial charge in [0.1, 0.15) is 18.1 Å². The first kappa shape index (κ1) is 26.6. The van der Waals surface area contributed by atoms with E-state index in [0.29, 0.717) is 53.8 Å². The van der Waals surface area contributed by atoms with E-state index in [1.54, 1.807) is 49.6 Å². The highest BCUT2D eigenvalue weighted by atomic mass is 16.5. The quantitative estimate of drug-likeness (QED) is 0.156. The van der Waals surface area contributed by atoms with Crippen molar-refractivity contribution in [3.8, 4) is 23.0 Å². The van der Waals surface area contributed by atoms with E-state index < -0.39 is 17.7 Å². The van der Waals surface area contributed by atoms with Crippen LogP contribution in [0.1, 0.15) is 23.6 Å². The van der Waals surface area contributed by atoms with Crippen LogP contribution in [0.4, 0.5) is 0 Å². The van der Waals surface area contributed by atoms with E-state index in [2.05, 4.69) is 6.58 Å². The number of benzene rings is 2. The molecule has 2 aromatic rings. The van der Waals surface area contributed by atoms with Gasteiger partial charge in [0.05, 0.1) is 32.9 Å². The number of hydrogen-bond donors (Lipinski definition) is 1. The molecule has 0 unspecified atom stereocenters. The van der Waals surface area contributed by atoms with Crippen LogP contribution < -0.4 is 18.9 Å². The summed E-state index contributed by atoms with van der Waals surface area (Å²) in [5.74, 6) is -0.122. The Balaban J connectivity index is 2.16. The van der Waals surface area contributed by atoms with E-state index in [0.717, 1.165) is 0 Å². The molecule has 1 heterocycles. The molecule has 2 aromatic carbocycles. The first-order chi connectivity index (χ1) is 17.4. The lowest BCUT2D eigenvalue weighted by atomic mass is 9.94. The molecule has 1 aliphatic rings. The highest BCUT2D eigenvalue weighted by molar-refractivity contribution is 6.46. The first-order valence-electron chi connectivity index (χ1n) is 11.3. The van der Waals surface area contributed by atoms with E-state index in [4.69, 9.17) is 23.7 Å². The van der Waals surface area contributed by atoms with Crippen molar-refractivity contribution in [2.24, 2.45) is 0 Å². The first-order valence-corrected chi connectivity index (χ1v) is 11.3. The van der Waals surface area contributed by atoms with Crippen LogP contribution in [0.3, 0.4) is 0 Å². The number of carbonyl (C=O) groups excluding carboxylic acids is 2. The van der Waals surface area contributed by atoms with Crippen LogP contribution in [0, 0.1) is 0 Å². The van der Waals surface area contributed by atoms with Gasteiger partial charge < -0.3 is 33.7 Å². The van der Waals surface area contributed by atoms with E-state index in [-0.39, 0.29) is 17.9 Å². The molecule has 1 amide bonds. The fourth-order valence-corrected chi connectivity index (χ4v) is 4.12. The third-order valence-corrected chi connectivity index (χ3v) is 5.79. The summed E-state index contributed by atoms with van der Waals surface area (Å²) in [6.45, 7) is 4.59. The predicted octanol–water partition coefficient (Wildman–Crippen LogP) is 3.74. The standard InChI is InChI=1S/C27H31NO8/c1-6-13-36-19-10-8-17(9-11-19)24(29)22-23(28(12-7-14-32-2)27(31)25(22)30)18-15-20(33-3)26(35-5)21(16-18)34-4/h6,8-11,15-16,23,29H,1,7,12-14H2,2-5H3/t23-/m1/s1. The summed E-state index contributed by atoms with van der Waals surface area (Å²) >= 11 is 0. The molecule has 0 aliphatic carbocycles. The number of carbonyl (C=O) groups is 2. The number of rotatable bonds is 12. The number of amides is 1. The zero-order valence-corrected chi connectivity index (χ0v) is 20.9. The van der Waals surface area contributed by atoms with Crippen LogP contribution in [0.5, 0.6) is 23.0 Å². The number of likely N-dealkylation sites (tertiary alicyclic amines) is 1. The normalized spacial score (nSPS) is 16.7. The van der Waals surface area contributed by atoms with Crippen LogP contribution in [0.2, 0.25) is 0 Å². The van der Waals surface area contributed by atoms with E-state index in [1.807, 2.05) is 0 Å². The highest BCUT2D eigenvalue weighted by Crippen LogP contribution is 2.45. The summed E-state index contributed by atoms with van der Waals surface area (Å²) < 4.78 is 27.0. The molecule has 0 spiro atoms. The summed E-state index contributed by atoms with van der Waals surface area (Å²) in [6.07, 6.45) is 2.12. The molecule has 1 aliphatic heterocycles. The average Bonchev–Trinajstić information content (AvgIpc) is 3.16. The second kappa shape index (κ2) is 12.1. The number of aliphatic hydroxyl groups excluding tert-OH is 1. The van der Waals surface area contributed by atoms with E-state index >= 15 is 0 Å². The number of aliphatic hydroxyl groups is 1. The van der Waals surface area contributed by atoms with Gasteiger partial charge in [0.15, 0.2) is 11.5 Å². The molecular weight excluding hydrogens is 466 g/mol. The minimum absolute atomic E-state index is 0.0357. The van der Waals surface area contributed by atoms with Crippen LogP contribution in [0.15, 0.2) is 54.6 Å². The lowest BCUT2D eigenvalue weighted by Gasteiger charge is -2.26. The molecule has 0 aromatic heterocycles. The summed E-state index contributed by atoms with van der Waals surface area (Å²) in [7, 11) is 6.01.